The molecule has 2 aliphatic rings. The average molecular weight is 418 g/mol. The summed E-state index contributed by atoms with van der Waals surface area (Å²) in [7, 11) is 0. The second kappa shape index (κ2) is 7.48. The predicted octanol–water partition coefficient (Wildman–Crippen LogP) is 3.04. The first kappa shape index (κ1) is 19.7. The number of carbonyl (C=O) groups is 1. The van der Waals surface area contributed by atoms with Crippen LogP contribution in [0.25, 0.3) is 11.0 Å². The molecule has 0 spiro atoms. The summed E-state index contributed by atoms with van der Waals surface area (Å²) in [6.45, 7) is 4.42. The Hall–Kier alpha value is -3.22. The van der Waals surface area contributed by atoms with Crippen molar-refractivity contribution in [3.63, 3.8) is 0 Å². The Labute approximate surface area is 179 Å². The number of amides is 1. The molecule has 0 saturated heterocycles. The molecule has 2 N–H and O–H groups in total. The number of fused-ring (bicyclic) bond motifs is 2. The van der Waals surface area contributed by atoms with Crippen molar-refractivity contribution in [2.24, 2.45) is 5.92 Å². The molecule has 1 saturated carbocycles. The topological polar surface area (TPSA) is 96.9 Å². The Bertz CT molecular complexity index is 1300. The van der Waals surface area contributed by atoms with Gasteiger partial charge in [0.2, 0.25) is 0 Å². The maximum absolute atomic E-state index is 13.4. The van der Waals surface area contributed by atoms with Crippen molar-refractivity contribution >= 4 is 16.9 Å². The smallest absolute Gasteiger partial charge is 0.330 e. The lowest BCUT2D eigenvalue weighted by Gasteiger charge is -2.17. The molecule has 1 aromatic carbocycles. The Morgan fingerprint density at radius 3 is 2.74 bits per heavy atom. The lowest BCUT2D eigenvalue weighted by atomic mass is 10.1. The molecule has 0 aliphatic heterocycles. The number of rotatable bonds is 5. The van der Waals surface area contributed by atoms with Crippen LogP contribution in [0.3, 0.4) is 0 Å². The lowest BCUT2D eigenvalue weighted by Crippen LogP contribution is -2.35. The van der Waals surface area contributed by atoms with Crippen LogP contribution in [-0.4, -0.2) is 20.4 Å². The predicted molar refractivity (Wildman–Crippen MR) is 118 cm³/mol. The maximum atomic E-state index is 13.4. The summed E-state index contributed by atoms with van der Waals surface area (Å²) in [6.07, 6.45) is 3.76. The fourth-order valence-corrected chi connectivity index (χ4v) is 4.54. The van der Waals surface area contributed by atoms with Gasteiger partial charge in [0, 0.05) is 18.2 Å². The number of aromatic nitrogens is 3. The third-order valence-corrected chi connectivity index (χ3v) is 6.19. The molecule has 2 heterocycles. The van der Waals surface area contributed by atoms with Gasteiger partial charge in [-0.1, -0.05) is 38.1 Å². The molecule has 31 heavy (non-hydrogen) atoms. The summed E-state index contributed by atoms with van der Waals surface area (Å²) in [5.74, 6) is 0.173. The second-order valence-electron chi connectivity index (χ2n) is 9.09. The molecule has 1 fully saturated rings. The molecular weight excluding hydrogens is 392 g/mol. The number of carbonyl (C=O) groups excluding carboxylic acids is 1. The highest BCUT2D eigenvalue weighted by Crippen LogP contribution is 2.40. The molecule has 3 aromatic rings. The van der Waals surface area contributed by atoms with E-state index in [9.17, 15) is 14.4 Å². The van der Waals surface area contributed by atoms with Gasteiger partial charge in [-0.2, -0.15) is 0 Å². The number of benzene rings is 1. The van der Waals surface area contributed by atoms with Crippen LogP contribution >= 0.6 is 0 Å². The van der Waals surface area contributed by atoms with Crippen molar-refractivity contribution in [2.75, 3.05) is 0 Å². The zero-order valence-electron chi connectivity index (χ0n) is 17.8. The fraction of sp³-hybridized carbons (Fsp3) is 0.417. The van der Waals surface area contributed by atoms with E-state index in [1.165, 1.54) is 10.1 Å². The number of pyridine rings is 1. The van der Waals surface area contributed by atoms with Crippen LogP contribution in [0.1, 0.15) is 72.2 Å². The first-order valence-electron chi connectivity index (χ1n) is 11.0. The number of hydrogen-bond acceptors (Lipinski definition) is 4. The zero-order valence-corrected chi connectivity index (χ0v) is 17.8. The highest BCUT2D eigenvalue weighted by Gasteiger charge is 2.30. The van der Waals surface area contributed by atoms with Gasteiger partial charge >= 0.3 is 5.69 Å². The molecule has 1 atom stereocenters. The summed E-state index contributed by atoms with van der Waals surface area (Å²) < 4.78 is 1.49. The monoisotopic (exact) mass is 418 g/mol. The van der Waals surface area contributed by atoms with Crippen molar-refractivity contribution in [1.82, 2.24) is 19.9 Å². The van der Waals surface area contributed by atoms with Gasteiger partial charge in [0.1, 0.15) is 0 Å². The van der Waals surface area contributed by atoms with Crippen LogP contribution in [0.4, 0.5) is 0 Å². The summed E-state index contributed by atoms with van der Waals surface area (Å²) in [4.78, 5) is 45.8. The highest BCUT2D eigenvalue weighted by atomic mass is 16.2. The van der Waals surface area contributed by atoms with E-state index in [4.69, 9.17) is 0 Å². The van der Waals surface area contributed by atoms with Gasteiger partial charge in [-0.05, 0) is 48.8 Å². The van der Waals surface area contributed by atoms with Crippen LogP contribution in [0.2, 0.25) is 0 Å². The Balaban J connectivity index is 1.63. The Kier molecular flexibility index (Phi) is 4.76. The SMILES string of the molecule is CC(C)Cn1c(=O)[nH]c(=O)c2c(C(=O)NC3CCc4ccccc43)cc(C3CC3)nc21. The van der Waals surface area contributed by atoms with Gasteiger partial charge in [0.05, 0.1) is 17.0 Å². The minimum atomic E-state index is -0.563. The van der Waals surface area contributed by atoms with Crippen LogP contribution in [0.5, 0.6) is 0 Å². The maximum Gasteiger partial charge on any atom is 0.330 e. The first-order valence-corrected chi connectivity index (χ1v) is 11.0. The minimum Gasteiger partial charge on any atom is -0.345 e. The first-order chi connectivity index (χ1) is 14.9. The van der Waals surface area contributed by atoms with Crippen molar-refractivity contribution in [3.8, 4) is 0 Å². The van der Waals surface area contributed by atoms with Crippen molar-refractivity contribution < 1.29 is 4.79 Å². The minimum absolute atomic E-state index is 0.0862. The van der Waals surface area contributed by atoms with Crippen molar-refractivity contribution in [3.05, 3.63) is 73.6 Å². The Morgan fingerprint density at radius 2 is 2.00 bits per heavy atom. The van der Waals surface area contributed by atoms with E-state index in [1.807, 2.05) is 32.0 Å². The quantitative estimate of drug-likeness (QED) is 0.666. The highest BCUT2D eigenvalue weighted by molar-refractivity contribution is 6.05. The van der Waals surface area contributed by atoms with Gasteiger partial charge in [-0.25, -0.2) is 9.78 Å². The zero-order chi connectivity index (χ0) is 21.7. The molecule has 1 amide bonds. The average Bonchev–Trinajstić information content (AvgIpc) is 3.52. The van der Waals surface area contributed by atoms with Gasteiger partial charge in [0.25, 0.3) is 11.5 Å². The third-order valence-electron chi connectivity index (χ3n) is 6.19. The molecule has 2 aromatic heterocycles. The van der Waals surface area contributed by atoms with Crippen molar-refractivity contribution in [2.45, 2.75) is 58.0 Å². The molecule has 1 unspecified atom stereocenters. The molecule has 0 radical (unpaired) electrons. The molecule has 7 nitrogen and oxygen atoms in total. The molecule has 5 rings (SSSR count). The lowest BCUT2D eigenvalue weighted by molar-refractivity contribution is 0.0938. The number of H-pyrrole nitrogens is 1. The number of aryl methyl sites for hydroxylation is 1. The molecule has 0 bridgehead atoms. The van der Waals surface area contributed by atoms with Crippen LogP contribution in [0.15, 0.2) is 39.9 Å². The molecule has 2 aliphatic carbocycles. The van der Waals surface area contributed by atoms with Crippen molar-refractivity contribution in [1.29, 1.82) is 0 Å². The van der Waals surface area contributed by atoms with Gasteiger partial charge < -0.3 is 5.32 Å². The third kappa shape index (κ3) is 3.58. The molecule has 7 heteroatoms. The summed E-state index contributed by atoms with van der Waals surface area (Å²) in [5, 5.41) is 3.31. The van der Waals surface area contributed by atoms with Crippen LogP contribution in [0, 0.1) is 5.92 Å². The summed E-state index contributed by atoms with van der Waals surface area (Å²) in [5.41, 5.74) is 2.72. The standard InChI is InChI=1S/C24H26N4O3/c1-13(2)12-28-21-20(23(30)27-24(28)31)17(11-19(25-21)15-7-8-15)22(29)26-18-10-9-14-5-3-4-6-16(14)18/h3-6,11,13,15,18H,7-10,12H2,1-2H3,(H,26,29)(H,27,30,31). The van der Waals surface area contributed by atoms with E-state index >= 15 is 0 Å². The summed E-state index contributed by atoms with van der Waals surface area (Å²) >= 11 is 0. The fourth-order valence-electron chi connectivity index (χ4n) is 4.54. The largest absolute Gasteiger partial charge is 0.345 e. The van der Waals surface area contributed by atoms with E-state index in [2.05, 4.69) is 21.4 Å². The van der Waals surface area contributed by atoms with Crippen LogP contribution in [-0.2, 0) is 13.0 Å². The number of nitrogens with zero attached hydrogens (tertiary/aromatic N) is 2. The van der Waals surface area contributed by atoms with Gasteiger partial charge in [0.15, 0.2) is 5.65 Å². The normalized spacial score (nSPS) is 17.8. The van der Waals surface area contributed by atoms with Crippen LogP contribution < -0.4 is 16.6 Å². The number of aromatic amines is 1. The second-order valence-corrected chi connectivity index (χ2v) is 9.09. The van der Waals surface area contributed by atoms with E-state index in [1.54, 1.807) is 6.07 Å². The Morgan fingerprint density at radius 1 is 1.23 bits per heavy atom. The van der Waals surface area contributed by atoms with E-state index in [-0.39, 0.29) is 29.2 Å². The summed E-state index contributed by atoms with van der Waals surface area (Å²) in [6, 6.07) is 9.78. The number of nitrogens with one attached hydrogen (secondary N) is 2. The molecular formula is C24H26N4O3. The van der Waals surface area contributed by atoms with Gasteiger partial charge in [-0.15, -0.1) is 0 Å². The molecule has 160 valence electrons. The van der Waals surface area contributed by atoms with E-state index in [0.29, 0.717) is 17.8 Å². The van der Waals surface area contributed by atoms with E-state index < -0.39 is 11.2 Å². The van der Waals surface area contributed by atoms with Gasteiger partial charge in [-0.3, -0.25) is 19.1 Å². The number of hydrogen-bond donors (Lipinski definition) is 2. The van der Waals surface area contributed by atoms with E-state index in [0.717, 1.165) is 36.9 Å².